The van der Waals surface area contributed by atoms with Gasteiger partial charge in [-0.3, -0.25) is 4.79 Å². The Bertz CT molecular complexity index is 338. The fourth-order valence-electron chi connectivity index (χ4n) is 1.93. The van der Waals surface area contributed by atoms with Crippen molar-refractivity contribution >= 4 is 18.4 Å². The molecule has 0 spiro atoms. The maximum absolute atomic E-state index is 11.7. The first-order valence-electron chi connectivity index (χ1n) is 5.16. The van der Waals surface area contributed by atoms with Gasteiger partial charge >= 0.3 is 5.97 Å². The molecule has 1 fully saturated rings. The maximum atomic E-state index is 11.7. The van der Waals surface area contributed by atoms with Gasteiger partial charge in [0.05, 0.1) is 13.0 Å². The van der Waals surface area contributed by atoms with Crippen molar-refractivity contribution in [2.24, 2.45) is 5.92 Å². The highest BCUT2D eigenvalue weighted by Gasteiger charge is 2.34. The van der Waals surface area contributed by atoms with Crippen LogP contribution >= 0.6 is 12.4 Å². The van der Waals surface area contributed by atoms with Gasteiger partial charge in [-0.2, -0.15) is 0 Å². The van der Waals surface area contributed by atoms with E-state index in [-0.39, 0.29) is 24.3 Å². The van der Waals surface area contributed by atoms with Gasteiger partial charge in [0.25, 0.3) is 0 Å². The molecule has 3 nitrogen and oxygen atoms in total. The highest BCUT2D eigenvalue weighted by atomic mass is 35.5. The van der Waals surface area contributed by atoms with Crippen molar-refractivity contribution in [1.82, 2.24) is 5.32 Å². The highest BCUT2D eigenvalue weighted by Crippen LogP contribution is 2.28. The van der Waals surface area contributed by atoms with Gasteiger partial charge in [0, 0.05) is 19.0 Å². The molecule has 1 aromatic rings. The minimum absolute atomic E-state index is 0. The minimum Gasteiger partial charge on any atom is -0.469 e. The van der Waals surface area contributed by atoms with E-state index >= 15 is 0 Å². The number of carbonyl (C=O) groups excluding carboxylic acids is 1. The van der Waals surface area contributed by atoms with Crippen molar-refractivity contribution in [3.63, 3.8) is 0 Å². The molecule has 0 aromatic heterocycles. The van der Waals surface area contributed by atoms with Gasteiger partial charge in [-0.05, 0) is 5.56 Å². The number of esters is 1. The van der Waals surface area contributed by atoms with E-state index in [1.807, 2.05) is 30.3 Å². The first kappa shape index (κ1) is 13.0. The molecular formula is C12H16ClNO2. The standard InChI is InChI=1S/C12H15NO2.ClH/c1-15-12(14)11(10-7-13-8-10)9-5-3-2-4-6-9;/h2-6,10-11,13H,7-8H2,1H3;1H. The van der Waals surface area contributed by atoms with E-state index in [0.29, 0.717) is 5.92 Å². The van der Waals surface area contributed by atoms with Crippen molar-refractivity contribution in [3.05, 3.63) is 35.9 Å². The maximum Gasteiger partial charge on any atom is 0.313 e. The third kappa shape index (κ3) is 2.54. The highest BCUT2D eigenvalue weighted by molar-refractivity contribution is 5.85. The normalized spacial score (nSPS) is 16.8. The largest absolute Gasteiger partial charge is 0.469 e. The lowest BCUT2D eigenvalue weighted by Gasteiger charge is -2.33. The van der Waals surface area contributed by atoms with Crippen LogP contribution < -0.4 is 5.32 Å². The Morgan fingerprint density at radius 3 is 2.44 bits per heavy atom. The fraction of sp³-hybridized carbons (Fsp3) is 0.417. The summed E-state index contributed by atoms with van der Waals surface area (Å²) >= 11 is 0. The molecule has 1 saturated heterocycles. The van der Waals surface area contributed by atoms with E-state index < -0.39 is 0 Å². The van der Waals surface area contributed by atoms with Crippen LogP contribution in [0.3, 0.4) is 0 Å². The van der Waals surface area contributed by atoms with Crippen LogP contribution in [0.25, 0.3) is 0 Å². The van der Waals surface area contributed by atoms with Gasteiger partial charge in [-0.25, -0.2) is 0 Å². The molecule has 1 N–H and O–H groups in total. The molecule has 0 radical (unpaired) electrons. The van der Waals surface area contributed by atoms with Crippen LogP contribution in [0.4, 0.5) is 0 Å². The summed E-state index contributed by atoms with van der Waals surface area (Å²) in [6.07, 6.45) is 0. The van der Waals surface area contributed by atoms with Crippen LogP contribution in [0.1, 0.15) is 11.5 Å². The first-order valence-corrected chi connectivity index (χ1v) is 5.16. The second-order valence-electron chi connectivity index (χ2n) is 3.83. The Hall–Kier alpha value is -1.06. The predicted octanol–water partition coefficient (Wildman–Crippen LogP) is 1.58. The molecule has 16 heavy (non-hydrogen) atoms. The SMILES string of the molecule is COC(=O)C(c1ccccc1)C1CNC1.Cl. The van der Waals surface area contributed by atoms with Crippen LogP contribution in [-0.2, 0) is 9.53 Å². The number of hydrogen-bond acceptors (Lipinski definition) is 3. The topological polar surface area (TPSA) is 38.3 Å². The Kier molecular flexibility index (Phi) is 4.77. The molecule has 1 atom stereocenters. The lowest BCUT2D eigenvalue weighted by atomic mass is 9.82. The second kappa shape index (κ2) is 5.87. The first-order chi connectivity index (χ1) is 7.33. The molecule has 0 amide bonds. The number of nitrogens with one attached hydrogen (secondary N) is 1. The summed E-state index contributed by atoms with van der Waals surface area (Å²) in [6, 6.07) is 9.84. The van der Waals surface area contributed by atoms with Crippen LogP contribution in [-0.4, -0.2) is 26.2 Å². The molecule has 88 valence electrons. The average Bonchev–Trinajstić information content (AvgIpc) is 2.23. The summed E-state index contributed by atoms with van der Waals surface area (Å²) < 4.78 is 4.86. The molecule has 1 heterocycles. The van der Waals surface area contributed by atoms with Crippen molar-refractivity contribution in [3.8, 4) is 0 Å². The molecule has 4 heteroatoms. The smallest absolute Gasteiger partial charge is 0.313 e. The van der Waals surface area contributed by atoms with E-state index in [4.69, 9.17) is 4.74 Å². The van der Waals surface area contributed by atoms with Crippen LogP contribution in [0.2, 0.25) is 0 Å². The lowest BCUT2D eigenvalue weighted by Crippen LogP contribution is -2.47. The third-order valence-corrected chi connectivity index (χ3v) is 2.90. The summed E-state index contributed by atoms with van der Waals surface area (Å²) in [7, 11) is 1.45. The molecule has 0 saturated carbocycles. The number of halogens is 1. The summed E-state index contributed by atoms with van der Waals surface area (Å²) in [5.41, 5.74) is 1.05. The van der Waals surface area contributed by atoms with E-state index in [2.05, 4.69) is 5.32 Å². The Morgan fingerprint density at radius 1 is 1.38 bits per heavy atom. The average molecular weight is 242 g/mol. The van der Waals surface area contributed by atoms with Crippen LogP contribution in [0, 0.1) is 5.92 Å². The van der Waals surface area contributed by atoms with Gasteiger partial charge in [0.1, 0.15) is 0 Å². The zero-order chi connectivity index (χ0) is 10.7. The summed E-state index contributed by atoms with van der Waals surface area (Å²) in [6.45, 7) is 1.79. The Morgan fingerprint density at radius 2 is 2.00 bits per heavy atom. The van der Waals surface area contributed by atoms with Gasteiger partial charge in [0.2, 0.25) is 0 Å². The molecule has 1 aromatic carbocycles. The molecule has 1 aliphatic heterocycles. The monoisotopic (exact) mass is 241 g/mol. The molecule has 0 aliphatic carbocycles. The van der Waals surface area contributed by atoms with Crippen molar-refractivity contribution in [1.29, 1.82) is 0 Å². The van der Waals surface area contributed by atoms with E-state index in [1.54, 1.807) is 0 Å². The Balaban J connectivity index is 0.00000128. The number of methoxy groups -OCH3 is 1. The lowest BCUT2D eigenvalue weighted by molar-refractivity contribution is -0.144. The van der Waals surface area contributed by atoms with Crippen molar-refractivity contribution in [2.75, 3.05) is 20.2 Å². The third-order valence-electron chi connectivity index (χ3n) is 2.90. The van der Waals surface area contributed by atoms with E-state index in [1.165, 1.54) is 7.11 Å². The second-order valence-corrected chi connectivity index (χ2v) is 3.83. The summed E-state index contributed by atoms with van der Waals surface area (Å²) in [5.74, 6) is 0.130. The predicted molar refractivity (Wildman–Crippen MR) is 64.8 cm³/mol. The number of rotatable bonds is 3. The molecule has 0 bridgehead atoms. The van der Waals surface area contributed by atoms with Crippen LogP contribution in [0.5, 0.6) is 0 Å². The number of carbonyl (C=O) groups is 1. The van der Waals surface area contributed by atoms with E-state index in [9.17, 15) is 4.79 Å². The zero-order valence-corrected chi connectivity index (χ0v) is 10.00. The van der Waals surface area contributed by atoms with E-state index in [0.717, 1.165) is 18.7 Å². The number of hydrogen-bond donors (Lipinski definition) is 1. The fourth-order valence-corrected chi connectivity index (χ4v) is 1.93. The summed E-state index contributed by atoms with van der Waals surface area (Å²) in [4.78, 5) is 11.7. The molecule has 1 unspecified atom stereocenters. The van der Waals surface area contributed by atoms with Gasteiger partial charge in [-0.15, -0.1) is 12.4 Å². The molecule has 1 aliphatic rings. The van der Waals surface area contributed by atoms with Gasteiger partial charge in [0.15, 0.2) is 0 Å². The van der Waals surface area contributed by atoms with Crippen molar-refractivity contribution < 1.29 is 9.53 Å². The molecule has 2 rings (SSSR count). The van der Waals surface area contributed by atoms with Crippen molar-refractivity contribution in [2.45, 2.75) is 5.92 Å². The number of ether oxygens (including phenoxy) is 1. The minimum atomic E-state index is -0.132. The number of benzene rings is 1. The van der Waals surface area contributed by atoms with Gasteiger partial charge in [-0.1, -0.05) is 30.3 Å². The molecular weight excluding hydrogens is 226 g/mol. The quantitative estimate of drug-likeness (QED) is 0.817. The van der Waals surface area contributed by atoms with Gasteiger partial charge < -0.3 is 10.1 Å². The van der Waals surface area contributed by atoms with Crippen LogP contribution in [0.15, 0.2) is 30.3 Å². The zero-order valence-electron chi connectivity index (χ0n) is 9.18. The Labute approximate surface area is 102 Å². The summed E-state index contributed by atoms with van der Waals surface area (Å²) in [5, 5.41) is 3.18.